The number of carbonyl (C=O) groups excluding carboxylic acids is 2. The Morgan fingerprint density at radius 2 is 1.76 bits per heavy atom. The summed E-state index contributed by atoms with van der Waals surface area (Å²) in [5.41, 5.74) is 2.68. The fourth-order valence-electron chi connectivity index (χ4n) is 3.84. The SMILES string of the molecule is CCCCOC(=O)c1ccc(NC(=O)NCCn2cc(Cc3cncnc3)c(=O)nc2SCc2ccc(F)cc2)cc1. The maximum atomic E-state index is 13.3. The third kappa shape index (κ3) is 9.23. The van der Waals surface area contributed by atoms with Gasteiger partial charge < -0.3 is 19.9 Å². The second kappa shape index (κ2) is 15.4. The first-order valence-electron chi connectivity index (χ1n) is 13.4. The predicted molar refractivity (Wildman–Crippen MR) is 158 cm³/mol. The minimum Gasteiger partial charge on any atom is -0.462 e. The van der Waals surface area contributed by atoms with E-state index >= 15 is 0 Å². The number of anilines is 1. The first-order valence-corrected chi connectivity index (χ1v) is 14.4. The van der Waals surface area contributed by atoms with Gasteiger partial charge in [-0.1, -0.05) is 37.2 Å². The number of halogens is 1. The van der Waals surface area contributed by atoms with Crippen LogP contribution in [0.5, 0.6) is 0 Å². The van der Waals surface area contributed by atoms with Gasteiger partial charge in [-0.05, 0) is 53.9 Å². The second-order valence-electron chi connectivity index (χ2n) is 9.33. The van der Waals surface area contributed by atoms with Crippen molar-refractivity contribution in [3.8, 4) is 0 Å². The van der Waals surface area contributed by atoms with Gasteiger partial charge in [-0.25, -0.2) is 23.9 Å². The van der Waals surface area contributed by atoms with E-state index in [2.05, 4.69) is 25.6 Å². The van der Waals surface area contributed by atoms with Crippen molar-refractivity contribution in [2.24, 2.45) is 0 Å². The van der Waals surface area contributed by atoms with Gasteiger partial charge in [0.05, 0.1) is 12.2 Å². The molecule has 2 heterocycles. The maximum Gasteiger partial charge on any atom is 0.338 e. The summed E-state index contributed by atoms with van der Waals surface area (Å²) in [5.74, 6) is -0.242. The Hall–Kier alpha value is -4.58. The van der Waals surface area contributed by atoms with E-state index in [1.165, 1.54) is 30.2 Å². The number of nitrogens with zero attached hydrogens (tertiary/aromatic N) is 4. The van der Waals surface area contributed by atoms with Crippen LogP contribution in [0.3, 0.4) is 0 Å². The van der Waals surface area contributed by atoms with E-state index < -0.39 is 12.0 Å². The smallest absolute Gasteiger partial charge is 0.338 e. The Kier molecular flexibility index (Phi) is 11.2. The van der Waals surface area contributed by atoms with Gasteiger partial charge in [0.2, 0.25) is 0 Å². The van der Waals surface area contributed by atoms with Crippen LogP contribution in [0, 0.1) is 5.82 Å². The summed E-state index contributed by atoms with van der Waals surface area (Å²) in [6.07, 6.45) is 8.48. The summed E-state index contributed by atoms with van der Waals surface area (Å²) < 4.78 is 20.3. The topological polar surface area (TPSA) is 128 Å². The number of unbranched alkanes of at least 4 members (excludes halogenated alkanes) is 1. The number of carbonyl (C=O) groups is 2. The minimum atomic E-state index is -0.426. The molecule has 218 valence electrons. The molecule has 2 amide bonds. The lowest BCUT2D eigenvalue weighted by Gasteiger charge is -2.15. The molecule has 2 aromatic heterocycles. The summed E-state index contributed by atoms with van der Waals surface area (Å²) in [4.78, 5) is 49.8. The quantitative estimate of drug-likeness (QED) is 0.0981. The third-order valence-corrected chi connectivity index (χ3v) is 7.13. The van der Waals surface area contributed by atoms with Crippen molar-refractivity contribution in [2.75, 3.05) is 18.5 Å². The molecule has 2 N–H and O–H groups in total. The van der Waals surface area contributed by atoms with Crippen molar-refractivity contribution in [3.05, 3.63) is 112 Å². The predicted octanol–water partition coefficient (Wildman–Crippen LogP) is 4.83. The molecule has 0 aliphatic carbocycles. The number of nitrogens with one attached hydrogen (secondary N) is 2. The van der Waals surface area contributed by atoms with Crippen molar-refractivity contribution in [1.82, 2.24) is 24.8 Å². The number of esters is 1. The zero-order valence-corrected chi connectivity index (χ0v) is 23.9. The molecule has 0 aliphatic rings. The van der Waals surface area contributed by atoms with E-state index in [4.69, 9.17) is 4.74 Å². The number of hydrogen-bond acceptors (Lipinski definition) is 8. The number of benzene rings is 2. The van der Waals surface area contributed by atoms with Gasteiger partial charge in [0.25, 0.3) is 5.56 Å². The van der Waals surface area contributed by atoms with Gasteiger partial charge in [-0.2, -0.15) is 4.98 Å². The lowest BCUT2D eigenvalue weighted by atomic mass is 10.1. The van der Waals surface area contributed by atoms with Gasteiger partial charge in [0.15, 0.2) is 5.16 Å². The average molecular weight is 591 g/mol. The lowest BCUT2D eigenvalue weighted by Crippen LogP contribution is -2.32. The molecule has 0 unspecified atom stereocenters. The first-order chi connectivity index (χ1) is 20.4. The molecule has 0 fully saturated rings. The van der Waals surface area contributed by atoms with E-state index in [9.17, 15) is 18.8 Å². The van der Waals surface area contributed by atoms with E-state index in [0.717, 1.165) is 24.0 Å². The molecule has 0 bridgehead atoms. The molecule has 10 nitrogen and oxygen atoms in total. The zero-order valence-electron chi connectivity index (χ0n) is 23.1. The number of aromatic nitrogens is 4. The van der Waals surface area contributed by atoms with Crippen LogP contribution in [-0.2, 0) is 23.5 Å². The molecule has 0 atom stereocenters. The molecule has 0 saturated heterocycles. The molecular formula is C30H31FN6O4S. The summed E-state index contributed by atoms with van der Waals surface area (Å²) in [5, 5.41) is 6.02. The summed E-state index contributed by atoms with van der Waals surface area (Å²) in [6, 6.07) is 12.2. The normalized spacial score (nSPS) is 10.7. The number of urea groups is 1. The van der Waals surface area contributed by atoms with Crippen LogP contribution in [0.15, 0.2) is 83.4 Å². The average Bonchev–Trinajstić information content (AvgIpc) is 2.99. The van der Waals surface area contributed by atoms with Crippen LogP contribution < -0.4 is 16.2 Å². The van der Waals surface area contributed by atoms with E-state index in [0.29, 0.717) is 47.3 Å². The van der Waals surface area contributed by atoms with Crippen LogP contribution in [0.2, 0.25) is 0 Å². The Balaban J connectivity index is 1.38. The zero-order chi connectivity index (χ0) is 29.7. The highest BCUT2D eigenvalue weighted by Gasteiger charge is 2.12. The van der Waals surface area contributed by atoms with Gasteiger partial charge in [0.1, 0.15) is 12.1 Å². The molecular weight excluding hydrogens is 559 g/mol. The number of rotatable bonds is 13. The fraction of sp³-hybridized carbons (Fsp3) is 0.267. The Morgan fingerprint density at radius 3 is 2.48 bits per heavy atom. The molecule has 2 aromatic carbocycles. The van der Waals surface area contributed by atoms with Crippen molar-refractivity contribution in [3.63, 3.8) is 0 Å². The van der Waals surface area contributed by atoms with Gasteiger partial charge in [-0.15, -0.1) is 0 Å². The van der Waals surface area contributed by atoms with Crippen molar-refractivity contribution >= 4 is 29.4 Å². The lowest BCUT2D eigenvalue weighted by molar-refractivity contribution is 0.0499. The van der Waals surface area contributed by atoms with Gasteiger partial charge >= 0.3 is 12.0 Å². The van der Waals surface area contributed by atoms with Crippen molar-refractivity contribution in [1.29, 1.82) is 0 Å². The number of thioether (sulfide) groups is 1. The Labute approximate surface area is 246 Å². The Bertz CT molecular complexity index is 1530. The molecule has 0 aliphatic heterocycles. The molecule has 0 spiro atoms. The van der Waals surface area contributed by atoms with E-state index in [1.54, 1.807) is 55.0 Å². The van der Waals surface area contributed by atoms with E-state index in [-0.39, 0.29) is 17.9 Å². The van der Waals surface area contributed by atoms with Crippen LogP contribution in [-0.4, -0.2) is 44.7 Å². The first kappa shape index (κ1) is 30.4. The molecule has 12 heteroatoms. The minimum absolute atomic E-state index is 0.246. The summed E-state index contributed by atoms with van der Waals surface area (Å²) >= 11 is 1.34. The summed E-state index contributed by atoms with van der Waals surface area (Å²) in [6.45, 7) is 2.98. The van der Waals surface area contributed by atoms with E-state index in [1.807, 2.05) is 11.5 Å². The van der Waals surface area contributed by atoms with Crippen LogP contribution in [0.1, 0.15) is 46.8 Å². The van der Waals surface area contributed by atoms with Crippen molar-refractivity contribution < 1.29 is 18.7 Å². The number of hydrogen-bond donors (Lipinski definition) is 2. The monoisotopic (exact) mass is 590 g/mol. The highest BCUT2D eigenvalue weighted by atomic mass is 32.2. The Morgan fingerprint density at radius 1 is 1.02 bits per heavy atom. The summed E-state index contributed by atoms with van der Waals surface area (Å²) in [7, 11) is 0. The fourth-order valence-corrected chi connectivity index (χ4v) is 4.78. The van der Waals surface area contributed by atoms with Crippen LogP contribution in [0.25, 0.3) is 0 Å². The molecule has 0 radical (unpaired) electrons. The number of amides is 2. The van der Waals surface area contributed by atoms with Gasteiger partial charge in [-0.3, -0.25) is 4.79 Å². The van der Waals surface area contributed by atoms with Crippen molar-refractivity contribution in [2.45, 2.75) is 43.6 Å². The highest BCUT2D eigenvalue weighted by Crippen LogP contribution is 2.21. The molecule has 42 heavy (non-hydrogen) atoms. The standard InChI is InChI=1S/C30H31FN6O4S/c1-2-3-14-41-28(39)23-6-10-26(11-7-23)35-29(40)34-12-13-37-18-24(15-22-16-32-20-33-17-22)27(38)36-30(37)42-19-21-4-8-25(31)9-5-21/h4-11,16-18,20H,2-3,12-15,19H2,1H3,(H2,34,35,40). The third-order valence-electron chi connectivity index (χ3n) is 6.07. The largest absolute Gasteiger partial charge is 0.462 e. The number of ether oxygens (including phenoxy) is 1. The molecule has 0 saturated carbocycles. The molecule has 4 aromatic rings. The highest BCUT2D eigenvalue weighted by molar-refractivity contribution is 7.98. The van der Waals surface area contributed by atoms with Crippen LogP contribution in [0.4, 0.5) is 14.9 Å². The van der Waals surface area contributed by atoms with Crippen LogP contribution >= 0.6 is 11.8 Å². The molecule has 4 rings (SSSR count). The maximum absolute atomic E-state index is 13.3. The second-order valence-corrected chi connectivity index (χ2v) is 10.3. The van der Waals surface area contributed by atoms with Gasteiger partial charge in [0, 0.05) is 55.1 Å².